The van der Waals surface area contributed by atoms with Crippen molar-refractivity contribution in [2.45, 2.75) is 26.4 Å². The normalized spacial score (nSPS) is 10.8. The van der Waals surface area contributed by atoms with Crippen molar-refractivity contribution in [3.8, 4) is 17.2 Å². The first-order chi connectivity index (χ1) is 9.26. The zero-order valence-corrected chi connectivity index (χ0v) is 11.9. The maximum absolute atomic E-state index is 11.5. The molecule has 0 aliphatic carbocycles. The van der Waals surface area contributed by atoms with Gasteiger partial charge in [-0.05, 0) is 32.9 Å². The van der Waals surface area contributed by atoms with E-state index in [1.165, 1.54) is 19.2 Å². The minimum Gasteiger partial charge on any atom is -0.502 e. The van der Waals surface area contributed by atoms with Crippen molar-refractivity contribution in [2.24, 2.45) is 0 Å². The van der Waals surface area contributed by atoms with Gasteiger partial charge in [-0.1, -0.05) is 0 Å². The lowest BCUT2D eigenvalue weighted by Gasteiger charge is -2.19. The number of carbonyl (C=O) groups excluding carboxylic acids is 2. The van der Waals surface area contributed by atoms with Gasteiger partial charge in [-0.15, -0.1) is 0 Å². The molecule has 0 spiro atoms. The van der Waals surface area contributed by atoms with Gasteiger partial charge in [0.1, 0.15) is 11.9 Å². The van der Waals surface area contributed by atoms with Crippen LogP contribution in [-0.2, 0) is 9.53 Å². The molecule has 110 valence electrons. The van der Waals surface area contributed by atoms with Crippen molar-refractivity contribution < 1.29 is 28.9 Å². The summed E-state index contributed by atoms with van der Waals surface area (Å²) < 4.78 is 15.1. The van der Waals surface area contributed by atoms with Crippen LogP contribution in [0.1, 0.15) is 31.1 Å². The van der Waals surface area contributed by atoms with Crippen LogP contribution in [0.2, 0.25) is 0 Å². The summed E-state index contributed by atoms with van der Waals surface area (Å²) in [5.41, 5.74) is -0.357. The molecule has 6 heteroatoms. The molecule has 0 heterocycles. The summed E-state index contributed by atoms with van der Waals surface area (Å²) in [7, 11) is 1.35. The van der Waals surface area contributed by atoms with Gasteiger partial charge in [0.25, 0.3) is 0 Å². The third kappa shape index (κ3) is 4.46. The van der Waals surface area contributed by atoms with Crippen LogP contribution in [0.3, 0.4) is 0 Å². The predicted octanol–water partition coefficient (Wildman–Crippen LogP) is 1.93. The molecule has 1 aromatic carbocycles. The molecule has 0 aliphatic heterocycles. The van der Waals surface area contributed by atoms with E-state index in [0.29, 0.717) is 6.29 Å². The van der Waals surface area contributed by atoms with Crippen LogP contribution in [0.15, 0.2) is 12.1 Å². The smallest absolute Gasteiger partial charge is 0.344 e. The molecule has 6 nitrogen and oxygen atoms in total. The summed E-state index contributed by atoms with van der Waals surface area (Å²) in [4.78, 5) is 22.3. The SMILES string of the molecule is COc1cc(C=O)cc(OCC(=O)OC(C)(C)C)c1O. The monoisotopic (exact) mass is 282 g/mol. The highest BCUT2D eigenvalue weighted by Crippen LogP contribution is 2.36. The number of methoxy groups -OCH3 is 1. The van der Waals surface area contributed by atoms with Crippen molar-refractivity contribution in [1.29, 1.82) is 0 Å². The van der Waals surface area contributed by atoms with E-state index in [4.69, 9.17) is 14.2 Å². The average Bonchev–Trinajstić information content (AvgIpc) is 2.35. The van der Waals surface area contributed by atoms with E-state index in [2.05, 4.69) is 0 Å². The summed E-state index contributed by atoms with van der Waals surface area (Å²) in [5, 5.41) is 9.84. The highest BCUT2D eigenvalue weighted by Gasteiger charge is 2.18. The molecule has 0 saturated carbocycles. The van der Waals surface area contributed by atoms with Crippen LogP contribution in [0.5, 0.6) is 17.2 Å². The highest BCUT2D eigenvalue weighted by molar-refractivity contribution is 5.78. The second-order valence-corrected chi connectivity index (χ2v) is 5.06. The number of rotatable bonds is 5. The molecular formula is C14H18O6. The Balaban J connectivity index is 2.82. The van der Waals surface area contributed by atoms with Crippen molar-refractivity contribution in [1.82, 2.24) is 0 Å². The van der Waals surface area contributed by atoms with E-state index in [1.54, 1.807) is 20.8 Å². The van der Waals surface area contributed by atoms with Gasteiger partial charge >= 0.3 is 5.97 Å². The van der Waals surface area contributed by atoms with Crippen molar-refractivity contribution in [2.75, 3.05) is 13.7 Å². The molecule has 0 atom stereocenters. The average molecular weight is 282 g/mol. The Kier molecular flexibility index (Phi) is 4.96. The maximum atomic E-state index is 11.5. The molecule has 0 radical (unpaired) electrons. The van der Waals surface area contributed by atoms with Crippen molar-refractivity contribution in [3.05, 3.63) is 17.7 Å². The van der Waals surface area contributed by atoms with Crippen LogP contribution < -0.4 is 9.47 Å². The van der Waals surface area contributed by atoms with Gasteiger partial charge in [-0.2, -0.15) is 0 Å². The number of ether oxygens (including phenoxy) is 3. The molecular weight excluding hydrogens is 264 g/mol. The number of aldehydes is 1. The number of hydrogen-bond acceptors (Lipinski definition) is 6. The Morgan fingerprint density at radius 1 is 1.30 bits per heavy atom. The van der Waals surface area contributed by atoms with Crippen LogP contribution in [0.4, 0.5) is 0 Å². The number of phenols is 1. The van der Waals surface area contributed by atoms with Crippen LogP contribution in [0, 0.1) is 0 Å². The topological polar surface area (TPSA) is 82.1 Å². The minimum absolute atomic E-state index is 0.0164. The standard InChI is InChI=1S/C14H18O6/c1-14(2,3)20-12(16)8-19-11-6-9(7-15)5-10(18-4)13(11)17/h5-7,17H,8H2,1-4H3. The minimum atomic E-state index is -0.620. The molecule has 0 unspecified atom stereocenters. The predicted molar refractivity (Wildman–Crippen MR) is 71.4 cm³/mol. The Labute approximate surface area is 117 Å². The van der Waals surface area contributed by atoms with Crippen LogP contribution in [0.25, 0.3) is 0 Å². The third-order valence-corrected chi connectivity index (χ3v) is 2.18. The molecule has 0 aliphatic rings. The first-order valence-electron chi connectivity index (χ1n) is 5.97. The highest BCUT2D eigenvalue weighted by atomic mass is 16.6. The summed E-state index contributed by atoms with van der Waals surface area (Å²) in [6.07, 6.45) is 0.586. The van der Waals surface area contributed by atoms with Crippen molar-refractivity contribution >= 4 is 12.3 Å². The van der Waals surface area contributed by atoms with Gasteiger partial charge in [-0.25, -0.2) is 4.79 Å². The second kappa shape index (κ2) is 6.27. The van der Waals surface area contributed by atoms with Crippen LogP contribution >= 0.6 is 0 Å². The summed E-state index contributed by atoms with van der Waals surface area (Å²) in [5.74, 6) is -0.778. The van der Waals surface area contributed by atoms with E-state index in [1.807, 2.05) is 0 Å². The van der Waals surface area contributed by atoms with Crippen molar-refractivity contribution in [3.63, 3.8) is 0 Å². The molecule has 0 amide bonds. The molecule has 1 rings (SSSR count). The number of benzene rings is 1. The maximum Gasteiger partial charge on any atom is 0.344 e. The van der Waals surface area contributed by atoms with E-state index in [0.717, 1.165) is 0 Å². The van der Waals surface area contributed by atoms with Gasteiger partial charge in [0.2, 0.25) is 5.75 Å². The lowest BCUT2D eigenvalue weighted by Crippen LogP contribution is -2.27. The number of esters is 1. The Morgan fingerprint density at radius 3 is 2.40 bits per heavy atom. The molecule has 1 aromatic rings. The molecule has 0 aromatic heterocycles. The van der Waals surface area contributed by atoms with Gasteiger partial charge in [0.15, 0.2) is 18.1 Å². The van der Waals surface area contributed by atoms with Gasteiger partial charge in [0.05, 0.1) is 7.11 Å². The summed E-state index contributed by atoms with van der Waals surface area (Å²) in [6, 6.07) is 2.68. The molecule has 1 N–H and O–H groups in total. The lowest BCUT2D eigenvalue weighted by atomic mass is 10.2. The van der Waals surface area contributed by atoms with E-state index < -0.39 is 11.6 Å². The molecule has 20 heavy (non-hydrogen) atoms. The first-order valence-corrected chi connectivity index (χ1v) is 5.97. The largest absolute Gasteiger partial charge is 0.502 e. The van der Waals surface area contributed by atoms with E-state index >= 15 is 0 Å². The molecule has 0 fully saturated rings. The Bertz CT molecular complexity index is 501. The fraction of sp³-hybridized carbons (Fsp3) is 0.429. The molecule has 0 bridgehead atoms. The summed E-state index contributed by atoms with van der Waals surface area (Å²) in [6.45, 7) is 4.82. The van der Waals surface area contributed by atoms with E-state index in [9.17, 15) is 14.7 Å². The summed E-state index contributed by atoms with van der Waals surface area (Å²) >= 11 is 0. The van der Waals surface area contributed by atoms with Crippen LogP contribution in [-0.4, -0.2) is 36.7 Å². The number of phenolic OH excluding ortho intramolecular Hbond substituents is 1. The zero-order valence-electron chi connectivity index (χ0n) is 11.9. The van der Waals surface area contributed by atoms with E-state index in [-0.39, 0.29) is 29.4 Å². The Hall–Kier alpha value is -2.24. The Morgan fingerprint density at radius 2 is 1.90 bits per heavy atom. The number of aromatic hydroxyl groups is 1. The molecule has 0 saturated heterocycles. The van der Waals surface area contributed by atoms with Gasteiger partial charge in [-0.3, -0.25) is 4.79 Å². The fourth-order valence-corrected chi connectivity index (χ4v) is 1.44. The number of carbonyl (C=O) groups is 2. The second-order valence-electron chi connectivity index (χ2n) is 5.06. The number of hydrogen-bond donors (Lipinski definition) is 1. The fourth-order valence-electron chi connectivity index (χ4n) is 1.44. The first kappa shape index (κ1) is 15.8. The third-order valence-electron chi connectivity index (χ3n) is 2.18. The lowest BCUT2D eigenvalue weighted by molar-refractivity contribution is -0.157. The zero-order chi connectivity index (χ0) is 15.3. The van der Waals surface area contributed by atoms with Gasteiger partial charge in [0, 0.05) is 5.56 Å². The van der Waals surface area contributed by atoms with Gasteiger partial charge < -0.3 is 19.3 Å². The quantitative estimate of drug-likeness (QED) is 0.656.